The maximum absolute atomic E-state index is 10.6. The number of azide groups is 1. The molecule has 0 saturated carbocycles. The lowest BCUT2D eigenvalue weighted by molar-refractivity contribution is -0.138. The maximum atomic E-state index is 10.6. The molecule has 0 bridgehead atoms. The minimum Gasteiger partial charge on any atom is -0.494 e. The quantitative estimate of drug-likeness (QED) is 0.277. The third-order valence-electron chi connectivity index (χ3n) is 3.21. The van der Waals surface area contributed by atoms with Crippen LogP contribution in [-0.2, 0) is 11.2 Å². The Bertz CT molecular complexity index is 504. The van der Waals surface area contributed by atoms with E-state index in [1.807, 2.05) is 24.3 Å². The van der Waals surface area contributed by atoms with E-state index in [0.29, 0.717) is 19.6 Å². The van der Waals surface area contributed by atoms with Crippen molar-refractivity contribution in [1.82, 2.24) is 0 Å². The van der Waals surface area contributed by atoms with E-state index in [0.717, 1.165) is 37.0 Å². The molecule has 0 fully saturated rings. The van der Waals surface area contributed by atoms with Crippen molar-refractivity contribution >= 4 is 18.4 Å². The van der Waals surface area contributed by atoms with E-state index in [9.17, 15) is 4.79 Å². The lowest BCUT2D eigenvalue weighted by Crippen LogP contribution is -2.29. The van der Waals surface area contributed by atoms with Gasteiger partial charge in [0.25, 0.3) is 0 Å². The number of nitrogens with two attached hydrogens (primary N) is 1. The highest BCUT2D eigenvalue weighted by atomic mass is 35.5. The number of benzene rings is 1. The van der Waals surface area contributed by atoms with Crippen LogP contribution in [0.25, 0.3) is 10.4 Å². The molecule has 128 valence electrons. The van der Waals surface area contributed by atoms with Crippen molar-refractivity contribution in [1.29, 1.82) is 0 Å². The Morgan fingerprint density at radius 2 is 2.00 bits per heavy atom. The van der Waals surface area contributed by atoms with E-state index in [1.165, 1.54) is 0 Å². The highest BCUT2D eigenvalue weighted by Crippen LogP contribution is 2.14. The van der Waals surface area contributed by atoms with Gasteiger partial charge in [0.05, 0.1) is 6.61 Å². The van der Waals surface area contributed by atoms with Gasteiger partial charge in [-0.05, 0) is 55.3 Å². The molecular weight excluding hydrogens is 320 g/mol. The topological polar surface area (TPSA) is 121 Å². The van der Waals surface area contributed by atoms with Gasteiger partial charge in [0.1, 0.15) is 11.8 Å². The molecule has 7 nitrogen and oxygen atoms in total. The monoisotopic (exact) mass is 342 g/mol. The Labute approximate surface area is 141 Å². The van der Waals surface area contributed by atoms with Crippen LogP contribution < -0.4 is 10.5 Å². The van der Waals surface area contributed by atoms with Crippen LogP contribution in [0.1, 0.15) is 31.2 Å². The summed E-state index contributed by atoms with van der Waals surface area (Å²) in [5, 5.41) is 12.2. The van der Waals surface area contributed by atoms with Crippen molar-refractivity contribution in [3.05, 3.63) is 40.3 Å². The van der Waals surface area contributed by atoms with Crippen LogP contribution in [0.4, 0.5) is 0 Å². The molecule has 0 aliphatic rings. The van der Waals surface area contributed by atoms with E-state index < -0.39 is 12.0 Å². The van der Waals surface area contributed by atoms with Crippen LogP contribution >= 0.6 is 12.4 Å². The van der Waals surface area contributed by atoms with Crippen LogP contribution in [0.2, 0.25) is 0 Å². The van der Waals surface area contributed by atoms with Gasteiger partial charge in [0.2, 0.25) is 0 Å². The SMILES string of the molecule is Cl.[N-]=[N+]=NCCCCOc1ccc(CCC[C@H](N)C(=O)O)cc1. The molecule has 0 unspecified atom stereocenters. The first-order valence-electron chi connectivity index (χ1n) is 7.34. The minimum absolute atomic E-state index is 0. The number of halogens is 1. The second kappa shape index (κ2) is 12.6. The fraction of sp³-hybridized carbons (Fsp3) is 0.533. The number of unbranched alkanes of at least 4 members (excludes halogenated alkanes) is 1. The fourth-order valence-corrected chi connectivity index (χ4v) is 1.92. The first-order chi connectivity index (χ1) is 10.6. The molecule has 0 aromatic heterocycles. The molecule has 0 radical (unpaired) electrons. The van der Waals surface area contributed by atoms with E-state index in [1.54, 1.807) is 0 Å². The van der Waals surface area contributed by atoms with Crippen LogP contribution in [0.3, 0.4) is 0 Å². The number of aliphatic carboxylic acids is 1. The maximum Gasteiger partial charge on any atom is 0.320 e. The molecule has 1 rings (SSSR count). The standard InChI is InChI=1S/C15H22N4O3.ClH/c16-14(15(20)21)5-3-4-12-6-8-13(9-7-12)22-11-2-1-10-18-19-17;/h6-9,14H,1-5,10-11,16H2,(H,20,21);1H/t14-;/m0./s1. The molecule has 0 spiro atoms. The molecule has 0 amide bonds. The van der Waals surface area contributed by atoms with E-state index in [-0.39, 0.29) is 12.4 Å². The van der Waals surface area contributed by atoms with Gasteiger partial charge in [0, 0.05) is 11.5 Å². The Morgan fingerprint density at radius 3 is 2.61 bits per heavy atom. The van der Waals surface area contributed by atoms with Crippen molar-refractivity contribution in [2.45, 2.75) is 38.1 Å². The number of nitrogens with zero attached hydrogens (tertiary/aromatic N) is 3. The van der Waals surface area contributed by atoms with Gasteiger partial charge in [-0.3, -0.25) is 4.79 Å². The lowest BCUT2D eigenvalue weighted by Gasteiger charge is -2.08. The Morgan fingerprint density at radius 1 is 1.30 bits per heavy atom. The zero-order valence-electron chi connectivity index (χ0n) is 12.9. The number of hydrogen-bond donors (Lipinski definition) is 2. The molecule has 1 aromatic carbocycles. The number of carboxylic acids is 1. The minimum atomic E-state index is -0.954. The van der Waals surface area contributed by atoms with Crippen LogP contribution in [0.15, 0.2) is 29.4 Å². The molecule has 23 heavy (non-hydrogen) atoms. The van der Waals surface area contributed by atoms with Gasteiger partial charge in [-0.2, -0.15) is 0 Å². The van der Waals surface area contributed by atoms with Gasteiger partial charge in [0.15, 0.2) is 0 Å². The van der Waals surface area contributed by atoms with Gasteiger partial charge >= 0.3 is 5.97 Å². The molecule has 1 atom stereocenters. The summed E-state index contributed by atoms with van der Waals surface area (Å²) in [7, 11) is 0. The van der Waals surface area contributed by atoms with Gasteiger partial charge < -0.3 is 15.6 Å². The predicted octanol–water partition coefficient (Wildman–Crippen LogP) is 3.31. The number of carbonyl (C=O) groups is 1. The number of hydrogen-bond acceptors (Lipinski definition) is 4. The van der Waals surface area contributed by atoms with Crippen molar-refractivity contribution < 1.29 is 14.6 Å². The van der Waals surface area contributed by atoms with E-state index in [2.05, 4.69) is 10.0 Å². The summed E-state index contributed by atoms with van der Waals surface area (Å²) in [5.41, 5.74) is 14.7. The molecule has 0 aliphatic heterocycles. The summed E-state index contributed by atoms with van der Waals surface area (Å²) in [6.45, 7) is 1.09. The normalized spacial score (nSPS) is 11.0. The molecule has 0 aliphatic carbocycles. The summed E-state index contributed by atoms with van der Waals surface area (Å²) >= 11 is 0. The number of rotatable bonds is 11. The molecule has 0 heterocycles. The summed E-state index contributed by atoms with van der Waals surface area (Å²) in [6, 6.07) is 6.97. The van der Waals surface area contributed by atoms with Crippen molar-refractivity contribution in [3.8, 4) is 5.75 Å². The zero-order chi connectivity index (χ0) is 16.2. The smallest absolute Gasteiger partial charge is 0.320 e. The second-order valence-corrected chi connectivity index (χ2v) is 4.99. The van der Waals surface area contributed by atoms with Gasteiger partial charge in [-0.15, -0.1) is 12.4 Å². The van der Waals surface area contributed by atoms with Gasteiger partial charge in [-0.25, -0.2) is 0 Å². The van der Waals surface area contributed by atoms with Crippen LogP contribution in [0.5, 0.6) is 5.75 Å². The molecule has 8 heteroatoms. The zero-order valence-corrected chi connectivity index (χ0v) is 13.7. The Balaban J connectivity index is 0.00000484. The largest absolute Gasteiger partial charge is 0.494 e. The first-order valence-corrected chi connectivity index (χ1v) is 7.34. The molecule has 1 aromatic rings. The van der Waals surface area contributed by atoms with E-state index in [4.69, 9.17) is 21.1 Å². The second-order valence-electron chi connectivity index (χ2n) is 4.99. The highest BCUT2D eigenvalue weighted by molar-refractivity contribution is 5.85. The average molecular weight is 343 g/mol. The number of carboxylic acid groups (broad SMARTS) is 1. The first kappa shape index (κ1) is 21.0. The number of ether oxygens (including phenoxy) is 1. The summed E-state index contributed by atoms with van der Waals surface area (Å²) in [4.78, 5) is 13.3. The van der Waals surface area contributed by atoms with Gasteiger partial charge in [-0.1, -0.05) is 17.2 Å². The van der Waals surface area contributed by atoms with Crippen molar-refractivity contribution in [3.63, 3.8) is 0 Å². The Kier molecular flexibility index (Phi) is 11.5. The third kappa shape index (κ3) is 9.63. The van der Waals surface area contributed by atoms with Crippen molar-refractivity contribution in [2.24, 2.45) is 10.8 Å². The Hall–Kier alpha value is -1.95. The van der Waals surface area contributed by atoms with E-state index >= 15 is 0 Å². The third-order valence-corrected chi connectivity index (χ3v) is 3.21. The fourth-order valence-electron chi connectivity index (χ4n) is 1.92. The summed E-state index contributed by atoms with van der Waals surface area (Å²) < 4.78 is 5.58. The van der Waals surface area contributed by atoms with Crippen LogP contribution in [-0.4, -0.2) is 30.3 Å². The molecule has 0 saturated heterocycles. The molecule has 3 N–H and O–H groups in total. The average Bonchev–Trinajstić information content (AvgIpc) is 2.52. The highest BCUT2D eigenvalue weighted by Gasteiger charge is 2.10. The summed E-state index contributed by atoms with van der Waals surface area (Å²) in [6.07, 6.45) is 3.67. The predicted molar refractivity (Wildman–Crippen MR) is 91.0 cm³/mol. The van der Waals surface area contributed by atoms with Crippen molar-refractivity contribution in [2.75, 3.05) is 13.2 Å². The van der Waals surface area contributed by atoms with Crippen LogP contribution in [0, 0.1) is 0 Å². The lowest BCUT2D eigenvalue weighted by atomic mass is 10.1. The number of aryl methyl sites for hydroxylation is 1. The summed E-state index contributed by atoms with van der Waals surface area (Å²) in [5.74, 6) is -0.154. The molecular formula is C15H23ClN4O3.